The second-order valence-electron chi connectivity index (χ2n) is 6.59. The van der Waals surface area contributed by atoms with Crippen LogP contribution in [0.15, 0.2) is 41.0 Å². The number of carbonyl (C=O) groups is 3. The Hall–Kier alpha value is -3.23. The lowest BCUT2D eigenvalue weighted by atomic mass is 10.1. The van der Waals surface area contributed by atoms with Crippen LogP contribution in [0.3, 0.4) is 0 Å². The van der Waals surface area contributed by atoms with Gasteiger partial charge in [-0.1, -0.05) is 0 Å². The topological polar surface area (TPSA) is 82.9 Å². The van der Waals surface area contributed by atoms with Crippen molar-refractivity contribution in [3.05, 3.63) is 47.9 Å². The number of hydrogen-bond acceptors (Lipinski definition) is 4. The number of imide groups is 1. The van der Waals surface area contributed by atoms with Gasteiger partial charge in [0.2, 0.25) is 0 Å². The van der Waals surface area contributed by atoms with Crippen molar-refractivity contribution in [2.45, 2.75) is 25.3 Å². The number of aryl methyl sites for hydroxylation is 1. The zero-order valence-electron chi connectivity index (χ0n) is 14.2. The average Bonchev–Trinajstić information content (AvgIpc) is 3.28. The Morgan fingerprint density at radius 2 is 2.07 bits per heavy atom. The molecule has 27 heavy (non-hydrogen) atoms. The molecule has 0 spiro atoms. The number of hydrogen-bond donors (Lipinski definition) is 1. The van der Waals surface area contributed by atoms with Crippen LogP contribution in [0.5, 0.6) is 0 Å². The molecule has 7 nitrogen and oxygen atoms in total. The maximum Gasteiger partial charge on any atom is 0.332 e. The molecule has 2 fully saturated rings. The molecule has 1 aromatic heterocycles. The average molecular weight is 375 g/mol. The molecule has 1 atom stereocenters. The number of nitrogens with one attached hydrogen (secondary N) is 1. The highest BCUT2D eigenvalue weighted by Gasteiger charge is 2.57. The fourth-order valence-corrected chi connectivity index (χ4v) is 3.37. The van der Waals surface area contributed by atoms with Gasteiger partial charge in [0.1, 0.15) is 6.04 Å². The summed E-state index contributed by atoms with van der Waals surface area (Å²) in [4.78, 5) is 38.8. The van der Waals surface area contributed by atoms with Crippen LogP contribution in [0.4, 0.5) is 25.0 Å². The van der Waals surface area contributed by atoms with Crippen molar-refractivity contribution < 1.29 is 27.6 Å². The summed E-state index contributed by atoms with van der Waals surface area (Å²) < 4.78 is 32.0. The van der Waals surface area contributed by atoms with Gasteiger partial charge in [-0.3, -0.25) is 9.59 Å². The SMILES string of the molecule is Cc1cc(N2C(=O)[C@@H]3CC(F)(F)CN3C2=O)ccc1NC(=O)c1ccco1. The molecular formula is C18H15F2N3O4. The van der Waals surface area contributed by atoms with Gasteiger partial charge in [0.15, 0.2) is 5.76 Å². The van der Waals surface area contributed by atoms with Crippen LogP contribution in [0.2, 0.25) is 0 Å². The smallest absolute Gasteiger partial charge is 0.332 e. The highest BCUT2D eigenvalue weighted by Crippen LogP contribution is 2.39. The molecule has 2 saturated heterocycles. The predicted octanol–water partition coefficient (Wildman–Crippen LogP) is 3.02. The fourth-order valence-electron chi connectivity index (χ4n) is 3.37. The van der Waals surface area contributed by atoms with Crippen LogP contribution in [-0.2, 0) is 4.79 Å². The summed E-state index contributed by atoms with van der Waals surface area (Å²) in [6.45, 7) is 0.941. The van der Waals surface area contributed by atoms with E-state index in [0.29, 0.717) is 11.3 Å². The van der Waals surface area contributed by atoms with Gasteiger partial charge in [0.05, 0.1) is 18.5 Å². The number of halogens is 2. The summed E-state index contributed by atoms with van der Waals surface area (Å²) in [6.07, 6.45) is 0.718. The molecule has 2 aromatic rings. The fraction of sp³-hybridized carbons (Fsp3) is 0.278. The van der Waals surface area contributed by atoms with Crippen LogP contribution >= 0.6 is 0 Å². The lowest BCUT2D eigenvalue weighted by Gasteiger charge is -2.19. The van der Waals surface area contributed by atoms with E-state index in [4.69, 9.17) is 4.42 Å². The number of amides is 4. The minimum absolute atomic E-state index is 0.143. The molecule has 3 heterocycles. The van der Waals surface area contributed by atoms with E-state index < -0.39 is 42.8 Å². The molecule has 2 aliphatic heterocycles. The lowest BCUT2D eigenvalue weighted by Crippen LogP contribution is -2.36. The third-order valence-corrected chi connectivity index (χ3v) is 4.67. The molecule has 4 amide bonds. The van der Waals surface area contributed by atoms with Crippen molar-refractivity contribution in [2.75, 3.05) is 16.8 Å². The van der Waals surface area contributed by atoms with Crippen molar-refractivity contribution >= 4 is 29.2 Å². The van der Waals surface area contributed by atoms with Crippen LogP contribution in [-0.4, -0.2) is 41.3 Å². The molecule has 0 aliphatic carbocycles. The molecule has 0 unspecified atom stereocenters. The number of nitrogens with zero attached hydrogens (tertiary/aromatic N) is 2. The molecule has 0 bridgehead atoms. The summed E-state index contributed by atoms with van der Waals surface area (Å²) in [7, 11) is 0. The van der Waals surface area contributed by atoms with E-state index in [1.807, 2.05) is 0 Å². The Bertz CT molecular complexity index is 916. The Morgan fingerprint density at radius 3 is 2.70 bits per heavy atom. The molecule has 1 N–H and O–H groups in total. The summed E-state index contributed by atoms with van der Waals surface area (Å²) >= 11 is 0. The first-order valence-corrected chi connectivity index (χ1v) is 8.25. The first kappa shape index (κ1) is 17.2. The Balaban J connectivity index is 1.56. The number of furan rings is 1. The first-order chi connectivity index (χ1) is 12.8. The molecule has 9 heteroatoms. The maximum absolute atomic E-state index is 13.5. The second-order valence-corrected chi connectivity index (χ2v) is 6.59. The summed E-state index contributed by atoms with van der Waals surface area (Å²) in [6, 6.07) is 5.80. The zero-order valence-corrected chi connectivity index (χ0v) is 14.2. The van der Waals surface area contributed by atoms with E-state index in [0.717, 1.165) is 9.80 Å². The molecule has 140 valence electrons. The number of alkyl halides is 2. The number of urea groups is 1. The van der Waals surface area contributed by atoms with Gasteiger partial charge >= 0.3 is 6.03 Å². The molecule has 2 aliphatic rings. The van der Waals surface area contributed by atoms with Crippen molar-refractivity contribution in [3.63, 3.8) is 0 Å². The van der Waals surface area contributed by atoms with Gasteiger partial charge in [-0.15, -0.1) is 0 Å². The van der Waals surface area contributed by atoms with Gasteiger partial charge < -0.3 is 14.6 Å². The third-order valence-electron chi connectivity index (χ3n) is 4.67. The van der Waals surface area contributed by atoms with Gasteiger partial charge in [-0.25, -0.2) is 18.5 Å². The van der Waals surface area contributed by atoms with E-state index in [-0.39, 0.29) is 11.4 Å². The van der Waals surface area contributed by atoms with Gasteiger partial charge in [0, 0.05) is 12.1 Å². The Labute approximate surface area is 152 Å². The number of benzene rings is 1. The number of rotatable bonds is 3. The number of carbonyl (C=O) groups excluding carboxylic acids is 3. The molecule has 0 saturated carbocycles. The van der Waals surface area contributed by atoms with Crippen molar-refractivity contribution in [1.29, 1.82) is 0 Å². The van der Waals surface area contributed by atoms with Crippen LogP contribution < -0.4 is 10.2 Å². The highest BCUT2D eigenvalue weighted by atomic mass is 19.3. The van der Waals surface area contributed by atoms with Crippen molar-refractivity contribution in [3.8, 4) is 0 Å². The summed E-state index contributed by atoms with van der Waals surface area (Å²) in [5.74, 6) is -4.00. The highest BCUT2D eigenvalue weighted by molar-refractivity contribution is 6.21. The van der Waals surface area contributed by atoms with Crippen molar-refractivity contribution in [2.24, 2.45) is 0 Å². The Kier molecular flexibility index (Phi) is 3.76. The first-order valence-electron chi connectivity index (χ1n) is 8.25. The summed E-state index contributed by atoms with van der Waals surface area (Å²) in [5.41, 5.74) is 1.35. The second kappa shape index (κ2) is 5.90. The van der Waals surface area contributed by atoms with Crippen LogP contribution in [0, 0.1) is 6.92 Å². The van der Waals surface area contributed by atoms with Crippen LogP contribution in [0.25, 0.3) is 0 Å². The van der Waals surface area contributed by atoms with E-state index >= 15 is 0 Å². The third kappa shape index (κ3) is 2.84. The zero-order chi connectivity index (χ0) is 19.3. The maximum atomic E-state index is 13.5. The van der Waals surface area contributed by atoms with E-state index in [2.05, 4.69) is 5.32 Å². The molecule has 0 radical (unpaired) electrons. The Morgan fingerprint density at radius 1 is 1.30 bits per heavy atom. The molecular weight excluding hydrogens is 360 g/mol. The largest absolute Gasteiger partial charge is 0.459 e. The summed E-state index contributed by atoms with van der Waals surface area (Å²) in [5, 5.41) is 2.67. The lowest BCUT2D eigenvalue weighted by molar-refractivity contribution is -0.119. The standard InChI is InChI=1S/C18H15F2N3O4/c1-10-7-11(4-5-12(10)21-15(24)14-3-2-6-27-14)23-16(25)13-8-18(19,20)9-22(13)17(23)26/h2-7,13H,8-9H2,1H3,(H,21,24)/t13-/m0/s1. The molecule has 4 rings (SSSR count). The minimum Gasteiger partial charge on any atom is -0.459 e. The van der Waals surface area contributed by atoms with Gasteiger partial charge in [-0.2, -0.15) is 0 Å². The van der Waals surface area contributed by atoms with Crippen molar-refractivity contribution in [1.82, 2.24) is 4.90 Å². The normalized spacial score (nSPS) is 20.9. The van der Waals surface area contributed by atoms with Gasteiger partial charge in [0.25, 0.3) is 17.7 Å². The number of anilines is 2. The van der Waals surface area contributed by atoms with Gasteiger partial charge in [-0.05, 0) is 42.8 Å². The van der Waals surface area contributed by atoms with Crippen LogP contribution in [0.1, 0.15) is 22.5 Å². The monoisotopic (exact) mass is 375 g/mol. The van der Waals surface area contributed by atoms with E-state index in [9.17, 15) is 23.2 Å². The quantitative estimate of drug-likeness (QED) is 0.836. The van der Waals surface area contributed by atoms with E-state index in [1.165, 1.54) is 18.4 Å². The molecule has 1 aromatic carbocycles. The minimum atomic E-state index is -3.04. The number of fused-ring (bicyclic) bond motifs is 1. The predicted molar refractivity (Wildman–Crippen MR) is 90.8 cm³/mol. The van der Waals surface area contributed by atoms with E-state index in [1.54, 1.807) is 25.1 Å².